The van der Waals surface area contributed by atoms with Crippen molar-refractivity contribution in [1.29, 1.82) is 5.26 Å². The second kappa shape index (κ2) is 9.39. The van der Waals surface area contributed by atoms with Gasteiger partial charge in [0.2, 0.25) is 0 Å². The lowest BCUT2D eigenvalue weighted by atomic mass is 9.95. The number of nitrogens with zero attached hydrogens (tertiary/aromatic N) is 4. The third kappa shape index (κ3) is 4.24. The minimum absolute atomic E-state index is 0.0321. The molecule has 2 aliphatic rings. The van der Waals surface area contributed by atoms with Crippen LogP contribution in [0.1, 0.15) is 12.0 Å². The van der Waals surface area contributed by atoms with Crippen LogP contribution in [0, 0.1) is 23.0 Å². The van der Waals surface area contributed by atoms with Gasteiger partial charge in [-0.05, 0) is 36.2 Å². The lowest BCUT2D eigenvalue weighted by Gasteiger charge is -2.43. The molecule has 4 heterocycles. The molecular formula is C28H23F2N5O2. The van der Waals surface area contributed by atoms with Gasteiger partial charge in [0.1, 0.15) is 23.5 Å². The number of hydrogen-bond acceptors (Lipinski definition) is 7. The number of nitriles is 1. The highest BCUT2D eigenvalue weighted by molar-refractivity contribution is 6.00. The highest BCUT2D eigenvalue weighted by Gasteiger charge is 2.34. The summed E-state index contributed by atoms with van der Waals surface area (Å²) in [7, 11) is 0. The van der Waals surface area contributed by atoms with E-state index in [1.165, 1.54) is 12.1 Å². The van der Waals surface area contributed by atoms with Gasteiger partial charge in [0.05, 0.1) is 24.0 Å². The summed E-state index contributed by atoms with van der Waals surface area (Å²) in [5.74, 6) is -1.49. The van der Waals surface area contributed by atoms with Gasteiger partial charge in [-0.15, -0.1) is 0 Å². The van der Waals surface area contributed by atoms with Crippen molar-refractivity contribution in [2.45, 2.75) is 18.6 Å². The number of aromatic hydroxyl groups is 1. The average molecular weight is 500 g/mol. The van der Waals surface area contributed by atoms with Crippen LogP contribution in [0.4, 0.5) is 14.5 Å². The number of aromatic nitrogens is 2. The van der Waals surface area contributed by atoms with Crippen LogP contribution in [-0.2, 0) is 4.74 Å². The molecule has 0 bridgehead atoms. The Morgan fingerprint density at radius 1 is 1.05 bits per heavy atom. The molecule has 2 fully saturated rings. The summed E-state index contributed by atoms with van der Waals surface area (Å²) < 4.78 is 34.6. The Morgan fingerprint density at radius 3 is 2.68 bits per heavy atom. The van der Waals surface area contributed by atoms with Crippen molar-refractivity contribution in [2.24, 2.45) is 0 Å². The number of piperidine rings is 1. The summed E-state index contributed by atoms with van der Waals surface area (Å²) in [5, 5.41) is 24.2. The molecule has 2 atom stereocenters. The molecule has 6 rings (SSSR count). The number of para-hydroxylation sites is 1. The Balaban J connectivity index is 1.56. The SMILES string of the molecule is N#Cc1cccc(-c2cnc3ncc(-c4cc(F)cc(F)c4)c(N4CC[C@@H]5NCCO[C@H]5C4)c3c2)c1O. The molecule has 2 aromatic heterocycles. The molecule has 0 spiro atoms. The molecule has 0 radical (unpaired) electrons. The van der Waals surface area contributed by atoms with Crippen LogP contribution in [0.5, 0.6) is 5.75 Å². The lowest BCUT2D eigenvalue weighted by Crippen LogP contribution is -2.57. The van der Waals surface area contributed by atoms with Gasteiger partial charge in [-0.3, -0.25) is 0 Å². The summed E-state index contributed by atoms with van der Waals surface area (Å²) in [6.07, 6.45) is 3.99. The third-order valence-electron chi connectivity index (χ3n) is 7.05. The Morgan fingerprint density at radius 2 is 1.86 bits per heavy atom. The van der Waals surface area contributed by atoms with Crippen LogP contribution >= 0.6 is 0 Å². The third-order valence-corrected chi connectivity index (χ3v) is 7.05. The Hall–Kier alpha value is -4.13. The van der Waals surface area contributed by atoms with Crippen LogP contribution in [0.3, 0.4) is 0 Å². The standard InChI is InChI=1S/C28H23F2N5O2/c29-19-8-17(9-20(30)11-19)23-14-34-28-22(26(23)35-6-4-24-25(15-35)37-7-5-32-24)10-18(13-33-28)21-3-1-2-16(12-31)27(21)36/h1-3,8-11,13-14,24-25,32,36H,4-7,15H2/t24-,25-/m0/s1. The number of phenols is 1. The molecule has 9 heteroatoms. The molecule has 0 unspecified atom stereocenters. The largest absolute Gasteiger partial charge is 0.506 e. The first-order valence-corrected chi connectivity index (χ1v) is 12.1. The normalized spacial score (nSPS) is 19.4. The number of anilines is 1. The number of pyridine rings is 2. The quantitative estimate of drug-likeness (QED) is 0.432. The zero-order valence-corrected chi connectivity index (χ0v) is 19.8. The minimum Gasteiger partial charge on any atom is -0.506 e. The summed E-state index contributed by atoms with van der Waals surface area (Å²) in [5.41, 5.74) is 3.35. The van der Waals surface area contributed by atoms with Crippen LogP contribution in [0.25, 0.3) is 33.3 Å². The van der Waals surface area contributed by atoms with Crippen LogP contribution < -0.4 is 10.2 Å². The summed E-state index contributed by atoms with van der Waals surface area (Å²) in [6, 6.07) is 12.5. The van der Waals surface area contributed by atoms with Crippen molar-refractivity contribution >= 4 is 16.7 Å². The molecule has 2 saturated heterocycles. The monoisotopic (exact) mass is 499 g/mol. The molecule has 0 aliphatic carbocycles. The first kappa shape index (κ1) is 23.3. The molecule has 186 valence electrons. The van der Waals surface area contributed by atoms with Gasteiger partial charge in [0.15, 0.2) is 5.65 Å². The van der Waals surface area contributed by atoms with Crippen molar-refractivity contribution in [3.05, 3.63) is 72.1 Å². The van der Waals surface area contributed by atoms with E-state index < -0.39 is 11.6 Å². The number of halogens is 2. The zero-order chi connectivity index (χ0) is 25.5. The molecule has 2 aromatic carbocycles. The molecule has 37 heavy (non-hydrogen) atoms. The first-order chi connectivity index (χ1) is 18.0. The van der Waals surface area contributed by atoms with E-state index in [4.69, 9.17) is 4.74 Å². The van der Waals surface area contributed by atoms with Gasteiger partial charge in [-0.2, -0.15) is 5.26 Å². The highest BCUT2D eigenvalue weighted by Crippen LogP contribution is 2.41. The molecule has 0 saturated carbocycles. The Labute approximate surface area is 212 Å². The lowest BCUT2D eigenvalue weighted by molar-refractivity contribution is -0.00896. The average Bonchev–Trinajstić information content (AvgIpc) is 2.91. The number of phenolic OH excluding ortho intramolecular Hbond substituents is 1. The molecule has 7 nitrogen and oxygen atoms in total. The molecule has 2 aliphatic heterocycles. The van der Waals surface area contributed by atoms with Crippen molar-refractivity contribution < 1.29 is 18.6 Å². The van der Waals surface area contributed by atoms with Crippen molar-refractivity contribution in [1.82, 2.24) is 15.3 Å². The fraction of sp³-hybridized carbons (Fsp3) is 0.250. The smallest absolute Gasteiger partial charge is 0.161 e. The van der Waals surface area contributed by atoms with Gasteiger partial charge in [-0.25, -0.2) is 18.7 Å². The van der Waals surface area contributed by atoms with E-state index in [0.29, 0.717) is 53.0 Å². The van der Waals surface area contributed by atoms with Crippen LogP contribution in [0.15, 0.2) is 54.9 Å². The molecule has 0 amide bonds. The van der Waals surface area contributed by atoms with Gasteiger partial charge in [-0.1, -0.05) is 12.1 Å². The number of morpholine rings is 1. The Bertz CT molecular complexity index is 1530. The molecule has 2 N–H and O–H groups in total. The Kier molecular flexibility index (Phi) is 5.91. The van der Waals surface area contributed by atoms with E-state index in [9.17, 15) is 19.1 Å². The van der Waals surface area contributed by atoms with Crippen LogP contribution in [0.2, 0.25) is 0 Å². The van der Waals surface area contributed by atoms with E-state index in [2.05, 4.69) is 20.2 Å². The maximum Gasteiger partial charge on any atom is 0.161 e. The second-order valence-electron chi connectivity index (χ2n) is 9.29. The minimum atomic E-state index is -0.676. The topological polar surface area (TPSA) is 94.3 Å². The maximum absolute atomic E-state index is 14.3. The van der Waals surface area contributed by atoms with E-state index in [1.54, 1.807) is 30.6 Å². The number of fused-ring (bicyclic) bond motifs is 2. The second-order valence-corrected chi connectivity index (χ2v) is 9.29. The van der Waals surface area contributed by atoms with Gasteiger partial charge >= 0.3 is 0 Å². The zero-order valence-electron chi connectivity index (χ0n) is 19.8. The number of ether oxygens (including phenoxy) is 1. The summed E-state index contributed by atoms with van der Waals surface area (Å²) in [4.78, 5) is 11.2. The predicted octanol–water partition coefficient (Wildman–Crippen LogP) is 4.39. The van der Waals surface area contributed by atoms with Crippen molar-refractivity contribution in [3.8, 4) is 34.1 Å². The van der Waals surface area contributed by atoms with Gasteiger partial charge in [0, 0.05) is 66.2 Å². The summed E-state index contributed by atoms with van der Waals surface area (Å²) in [6.45, 7) is 2.71. The van der Waals surface area contributed by atoms with E-state index in [-0.39, 0.29) is 23.5 Å². The van der Waals surface area contributed by atoms with Crippen molar-refractivity contribution in [2.75, 3.05) is 31.1 Å². The van der Waals surface area contributed by atoms with Crippen molar-refractivity contribution in [3.63, 3.8) is 0 Å². The fourth-order valence-corrected chi connectivity index (χ4v) is 5.32. The number of nitrogens with one attached hydrogen (secondary N) is 1. The number of rotatable bonds is 3. The molecule has 4 aromatic rings. The van der Waals surface area contributed by atoms with Gasteiger partial charge < -0.3 is 20.1 Å². The number of hydrogen-bond donors (Lipinski definition) is 2. The molecular weight excluding hydrogens is 476 g/mol. The first-order valence-electron chi connectivity index (χ1n) is 12.1. The summed E-state index contributed by atoms with van der Waals surface area (Å²) >= 11 is 0. The van der Waals surface area contributed by atoms with E-state index in [1.807, 2.05) is 12.1 Å². The van der Waals surface area contributed by atoms with Gasteiger partial charge in [0.25, 0.3) is 0 Å². The number of benzene rings is 2. The predicted molar refractivity (Wildman–Crippen MR) is 135 cm³/mol. The van der Waals surface area contributed by atoms with E-state index >= 15 is 0 Å². The van der Waals surface area contributed by atoms with E-state index in [0.717, 1.165) is 24.7 Å². The highest BCUT2D eigenvalue weighted by atomic mass is 19.1. The fourth-order valence-electron chi connectivity index (χ4n) is 5.32. The maximum atomic E-state index is 14.3. The van der Waals surface area contributed by atoms with Crippen LogP contribution in [-0.4, -0.2) is 53.5 Å².